The zero-order valence-electron chi connectivity index (χ0n) is 9.49. The summed E-state index contributed by atoms with van der Waals surface area (Å²) in [6, 6.07) is 9.61. The molecule has 0 amide bonds. The summed E-state index contributed by atoms with van der Waals surface area (Å²) in [5.74, 6) is 0.904. The molecule has 0 saturated carbocycles. The first-order valence-corrected chi connectivity index (χ1v) is 6.67. The first-order chi connectivity index (χ1) is 8.11. The predicted molar refractivity (Wildman–Crippen MR) is 74.0 cm³/mol. The third kappa shape index (κ3) is 2.58. The fourth-order valence-corrected chi connectivity index (χ4v) is 3.02. The Morgan fingerprint density at radius 1 is 1.29 bits per heavy atom. The van der Waals surface area contributed by atoms with Crippen molar-refractivity contribution in [1.29, 1.82) is 0 Å². The van der Waals surface area contributed by atoms with Crippen LogP contribution in [0.4, 0.5) is 0 Å². The van der Waals surface area contributed by atoms with Gasteiger partial charge in [0.2, 0.25) is 0 Å². The van der Waals surface area contributed by atoms with Crippen LogP contribution in [-0.2, 0) is 0 Å². The minimum Gasteiger partial charge on any atom is -0.497 e. The zero-order chi connectivity index (χ0) is 12.4. The second-order valence-electron chi connectivity index (χ2n) is 3.57. The minimum absolute atomic E-state index is 0.0975. The van der Waals surface area contributed by atoms with E-state index in [1.807, 2.05) is 30.3 Å². The Bertz CT molecular complexity index is 560. The van der Waals surface area contributed by atoms with E-state index < -0.39 is 0 Å². The topological polar surface area (TPSA) is 26.3 Å². The van der Waals surface area contributed by atoms with Crippen LogP contribution in [0.3, 0.4) is 0 Å². The van der Waals surface area contributed by atoms with Gasteiger partial charge in [-0.1, -0.05) is 15.9 Å². The summed E-state index contributed by atoms with van der Waals surface area (Å²) < 4.78 is 6.20. The molecule has 1 aromatic heterocycles. The summed E-state index contributed by atoms with van der Waals surface area (Å²) in [5, 5.41) is 0. The van der Waals surface area contributed by atoms with Crippen LogP contribution in [0.1, 0.15) is 16.6 Å². The number of halogens is 1. The second-order valence-corrected chi connectivity index (χ2v) is 5.50. The molecule has 0 radical (unpaired) electrons. The normalized spacial score (nSPS) is 10.3. The van der Waals surface area contributed by atoms with Crippen molar-refractivity contribution < 1.29 is 9.53 Å². The van der Waals surface area contributed by atoms with Gasteiger partial charge in [0.05, 0.1) is 12.0 Å². The lowest BCUT2D eigenvalue weighted by atomic mass is 10.2. The number of Topliss-reactive ketones (excluding diaryl/α,β-unsaturated/α-hetero) is 1. The van der Waals surface area contributed by atoms with Gasteiger partial charge in [-0.25, -0.2) is 0 Å². The van der Waals surface area contributed by atoms with Crippen molar-refractivity contribution in [3.63, 3.8) is 0 Å². The molecule has 0 aliphatic heterocycles. The van der Waals surface area contributed by atoms with Crippen molar-refractivity contribution >= 4 is 33.0 Å². The van der Waals surface area contributed by atoms with Crippen LogP contribution in [0.25, 0.3) is 10.4 Å². The average Bonchev–Trinajstić information content (AvgIpc) is 2.79. The Morgan fingerprint density at radius 3 is 2.65 bits per heavy atom. The first kappa shape index (κ1) is 12.3. The number of ketones is 1. The summed E-state index contributed by atoms with van der Waals surface area (Å²) in [7, 11) is 1.64. The number of ether oxygens (including phenoxy) is 1. The highest BCUT2D eigenvalue weighted by atomic mass is 79.9. The monoisotopic (exact) mass is 310 g/mol. The number of thiophene rings is 1. The van der Waals surface area contributed by atoms with E-state index >= 15 is 0 Å². The maximum absolute atomic E-state index is 11.3. The Kier molecular flexibility index (Phi) is 3.64. The smallest absolute Gasteiger partial charge is 0.169 e. The van der Waals surface area contributed by atoms with Crippen LogP contribution in [0.5, 0.6) is 5.75 Å². The minimum atomic E-state index is 0.0975. The molecule has 0 saturated heterocycles. The van der Waals surface area contributed by atoms with Gasteiger partial charge in [-0.05, 0) is 37.3 Å². The van der Waals surface area contributed by atoms with E-state index in [9.17, 15) is 4.79 Å². The summed E-state index contributed by atoms with van der Waals surface area (Å²) in [5.41, 5.74) is 1.04. The quantitative estimate of drug-likeness (QED) is 0.786. The van der Waals surface area contributed by atoms with Crippen molar-refractivity contribution in [3.05, 3.63) is 39.7 Å². The molecule has 2 aromatic rings. The predicted octanol–water partition coefficient (Wildman–Crippen LogP) is 4.39. The van der Waals surface area contributed by atoms with Crippen molar-refractivity contribution in [2.24, 2.45) is 0 Å². The molecule has 0 atom stereocenters. The molecule has 4 heteroatoms. The van der Waals surface area contributed by atoms with Gasteiger partial charge in [-0.15, -0.1) is 11.3 Å². The van der Waals surface area contributed by atoms with E-state index in [0.717, 1.165) is 25.5 Å². The third-order valence-electron chi connectivity index (χ3n) is 2.39. The molecule has 0 aliphatic rings. The van der Waals surface area contributed by atoms with Crippen molar-refractivity contribution in [1.82, 2.24) is 0 Å². The second kappa shape index (κ2) is 5.02. The number of hydrogen-bond donors (Lipinski definition) is 0. The molecule has 2 nitrogen and oxygen atoms in total. The lowest BCUT2D eigenvalue weighted by Crippen LogP contribution is -1.84. The summed E-state index contributed by atoms with van der Waals surface area (Å²) in [6.07, 6.45) is 0. The van der Waals surface area contributed by atoms with Crippen LogP contribution in [0, 0.1) is 0 Å². The van der Waals surface area contributed by atoms with E-state index in [1.54, 1.807) is 14.0 Å². The van der Waals surface area contributed by atoms with Crippen molar-refractivity contribution in [3.8, 4) is 16.2 Å². The molecular formula is C13H11BrO2S. The van der Waals surface area contributed by atoms with Gasteiger partial charge in [0.1, 0.15) is 5.75 Å². The van der Waals surface area contributed by atoms with E-state index in [0.29, 0.717) is 0 Å². The summed E-state index contributed by atoms with van der Waals surface area (Å²) >= 11 is 5.00. The number of carbonyl (C=O) groups excluding carboxylic acids is 1. The molecule has 2 rings (SSSR count). The van der Waals surface area contributed by atoms with Gasteiger partial charge in [0.25, 0.3) is 0 Å². The Labute approximate surface area is 112 Å². The molecule has 17 heavy (non-hydrogen) atoms. The molecular weight excluding hydrogens is 300 g/mol. The van der Waals surface area contributed by atoms with Gasteiger partial charge < -0.3 is 4.74 Å². The summed E-state index contributed by atoms with van der Waals surface area (Å²) in [6.45, 7) is 1.58. The Morgan fingerprint density at radius 2 is 2.06 bits per heavy atom. The van der Waals surface area contributed by atoms with Crippen molar-refractivity contribution in [2.45, 2.75) is 6.92 Å². The van der Waals surface area contributed by atoms with Crippen LogP contribution < -0.4 is 4.74 Å². The molecule has 0 bridgehead atoms. The lowest BCUT2D eigenvalue weighted by molar-refractivity contribution is 0.102. The Balaban J connectivity index is 2.47. The van der Waals surface area contributed by atoms with Gasteiger partial charge >= 0.3 is 0 Å². The highest BCUT2D eigenvalue weighted by Crippen LogP contribution is 2.36. The number of rotatable bonds is 3. The van der Waals surface area contributed by atoms with Gasteiger partial charge in [0, 0.05) is 14.9 Å². The fourth-order valence-electron chi connectivity index (χ4n) is 1.49. The highest BCUT2D eigenvalue weighted by Gasteiger charge is 2.09. The van der Waals surface area contributed by atoms with E-state index in [4.69, 9.17) is 4.74 Å². The van der Waals surface area contributed by atoms with Gasteiger partial charge in [-0.3, -0.25) is 4.79 Å². The van der Waals surface area contributed by atoms with Gasteiger partial charge in [0.15, 0.2) is 5.78 Å². The van der Waals surface area contributed by atoms with Gasteiger partial charge in [-0.2, -0.15) is 0 Å². The zero-order valence-corrected chi connectivity index (χ0v) is 11.9. The maximum atomic E-state index is 11.3. The number of carbonyl (C=O) groups is 1. The number of hydrogen-bond acceptors (Lipinski definition) is 3. The molecule has 1 aromatic carbocycles. The largest absolute Gasteiger partial charge is 0.497 e. The van der Waals surface area contributed by atoms with Crippen LogP contribution in [0.15, 0.2) is 34.8 Å². The maximum Gasteiger partial charge on any atom is 0.169 e. The molecule has 0 unspecified atom stereocenters. The molecule has 0 fully saturated rings. The third-order valence-corrected chi connectivity index (χ3v) is 4.30. The number of methoxy groups -OCH3 is 1. The SMILES string of the molecule is COc1ccc(Br)c(-c2ccc(C(C)=O)s2)c1. The van der Waals surface area contributed by atoms with Crippen LogP contribution >= 0.6 is 27.3 Å². The van der Waals surface area contributed by atoms with Crippen LogP contribution in [-0.4, -0.2) is 12.9 Å². The van der Waals surface area contributed by atoms with E-state index in [2.05, 4.69) is 15.9 Å². The Hall–Kier alpha value is -1.13. The molecule has 0 aliphatic carbocycles. The van der Waals surface area contributed by atoms with Crippen LogP contribution in [0.2, 0.25) is 0 Å². The number of benzene rings is 1. The fraction of sp³-hybridized carbons (Fsp3) is 0.154. The van der Waals surface area contributed by atoms with E-state index in [-0.39, 0.29) is 5.78 Å². The van der Waals surface area contributed by atoms with Crippen molar-refractivity contribution in [2.75, 3.05) is 7.11 Å². The lowest BCUT2D eigenvalue weighted by Gasteiger charge is -2.05. The summed E-state index contributed by atoms with van der Waals surface area (Å²) in [4.78, 5) is 13.1. The molecule has 88 valence electrons. The van der Waals surface area contributed by atoms with E-state index in [1.165, 1.54) is 11.3 Å². The molecule has 0 N–H and O–H groups in total. The average molecular weight is 311 g/mol. The highest BCUT2D eigenvalue weighted by molar-refractivity contribution is 9.10. The molecule has 0 spiro atoms. The standard InChI is InChI=1S/C13H11BrO2S/c1-8(15)12-5-6-13(17-12)10-7-9(16-2)3-4-11(10)14/h3-7H,1-2H3. The first-order valence-electron chi connectivity index (χ1n) is 5.06. The molecule has 1 heterocycles.